The fourth-order valence-corrected chi connectivity index (χ4v) is 4.74. The number of fused-ring (bicyclic) bond motifs is 1. The lowest BCUT2D eigenvalue weighted by atomic mass is 10.00. The van der Waals surface area contributed by atoms with Gasteiger partial charge in [0, 0.05) is 26.6 Å². The van der Waals surface area contributed by atoms with Gasteiger partial charge in [0.25, 0.3) is 5.91 Å². The van der Waals surface area contributed by atoms with Crippen molar-refractivity contribution in [3.63, 3.8) is 0 Å². The van der Waals surface area contributed by atoms with Crippen LogP contribution in [0.5, 0.6) is 11.5 Å². The number of para-hydroxylation sites is 1. The number of carbonyl (C=O) groups is 2. The van der Waals surface area contributed by atoms with Crippen molar-refractivity contribution in [2.75, 3.05) is 7.11 Å². The third kappa shape index (κ3) is 6.35. The van der Waals surface area contributed by atoms with Gasteiger partial charge in [0.1, 0.15) is 5.69 Å². The van der Waals surface area contributed by atoms with Gasteiger partial charge in [-0.25, -0.2) is 10.2 Å². The number of ether oxygens (including phenoxy) is 2. The van der Waals surface area contributed by atoms with E-state index in [2.05, 4.69) is 15.5 Å². The van der Waals surface area contributed by atoms with Crippen LogP contribution in [-0.4, -0.2) is 30.2 Å². The number of alkyl halides is 3. The molecule has 1 aromatic heterocycles. The highest BCUT2D eigenvalue weighted by Gasteiger charge is 2.35. The smallest absolute Gasteiger partial charge is 0.418 e. The molecule has 0 atom stereocenters. The van der Waals surface area contributed by atoms with Crippen LogP contribution in [0, 0.1) is 0 Å². The van der Waals surface area contributed by atoms with Gasteiger partial charge >= 0.3 is 12.1 Å². The van der Waals surface area contributed by atoms with Crippen molar-refractivity contribution in [1.29, 1.82) is 0 Å². The predicted molar refractivity (Wildman–Crippen MR) is 158 cm³/mol. The lowest BCUT2D eigenvalue weighted by Crippen LogP contribution is -2.19. The Hall–Kier alpha value is -4.80. The summed E-state index contributed by atoms with van der Waals surface area (Å²) < 4.78 is 52.1. The van der Waals surface area contributed by atoms with E-state index in [9.17, 15) is 22.8 Å². The molecule has 4 aromatic carbocycles. The number of halogens is 5. The maximum absolute atomic E-state index is 13.8. The Bertz CT molecular complexity index is 1870. The summed E-state index contributed by atoms with van der Waals surface area (Å²) in [6, 6.07) is 20.9. The Kier molecular flexibility index (Phi) is 8.43. The average molecular weight is 626 g/mol. The molecule has 0 saturated carbocycles. The predicted octanol–water partition coefficient (Wildman–Crippen LogP) is 8.15. The molecule has 0 unspecified atom stereocenters. The molecule has 5 aromatic rings. The number of aromatic amines is 1. The second-order valence-corrected chi connectivity index (χ2v) is 9.93. The summed E-state index contributed by atoms with van der Waals surface area (Å²) in [5, 5.41) is 4.86. The normalized spacial score (nSPS) is 11.6. The quantitative estimate of drug-likeness (QED) is 0.0826. The van der Waals surface area contributed by atoms with Crippen LogP contribution < -0.4 is 14.9 Å². The number of hydrogen-bond acceptors (Lipinski definition) is 5. The molecule has 0 aliphatic heterocycles. The van der Waals surface area contributed by atoms with E-state index in [0.717, 1.165) is 6.07 Å². The van der Waals surface area contributed by atoms with E-state index in [4.69, 9.17) is 32.7 Å². The average Bonchev–Trinajstić information content (AvgIpc) is 3.37. The van der Waals surface area contributed by atoms with E-state index in [1.165, 1.54) is 49.7 Å². The minimum atomic E-state index is -4.66. The molecule has 5 rings (SSSR count). The maximum Gasteiger partial charge on any atom is 0.418 e. The van der Waals surface area contributed by atoms with E-state index >= 15 is 0 Å². The van der Waals surface area contributed by atoms with Crippen molar-refractivity contribution in [1.82, 2.24) is 10.4 Å². The van der Waals surface area contributed by atoms with Gasteiger partial charge in [-0.1, -0.05) is 53.5 Å². The van der Waals surface area contributed by atoms with Crippen LogP contribution in [0.4, 0.5) is 13.2 Å². The highest BCUT2D eigenvalue weighted by atomic mass is 35.5. The number of benzene rings is 4. The Morgan fingerprint density at radius 3 is 2.37 bits per heavy atom. The molecule has 0 aliphatic rings. The molecule has 43 heavy (non-hydrogen) atoms. The number of hydrogen-bond donors (Lipinski definition) is 2. The first-order valence-electron chi connectivity index (χ1n) is 12.5. The van der Waals surface area contributed by atoms with E-state index < -0.39 is 23.6 Å². The third-order valence-electron chi connectivity index (χ3n) is 6.36. The van der Waals surface area contributed by atoms with Crippen molar-refractivity contribution >= 4 is 52.2 Å². The SMILES string of the molecule is COc1cc(C=NNC(=O)c2[nH]c3c(C(F)(F)F)cccc3c2-c2ccccc2Cl)ccc1OC(=O)c1ccc(Cl)cc1. The first-order valence-corrected chi connectivity index (χ1v) is 13.3. The first-order chi connectivity index (χ1) is 20.6. The van der Waals surface area contributed by atoms with Gasteiger partial charge in [-0.3, -0.25) is 4.79 Å². The molecule has 1 amide bonds. The fourth-order valence-electron chi connectivity index (χ4n) is 4.38. The molecule has 0 radical (unpaired) electrons. The summed E-state index contributed by atoms with van der Waals surface area (Å²) >= 11 is 12.2. The number of amides is 1. The minimum absolute atomic E-state index is 0.145. The van der Waals surface area contributed by atoms with Crippen molar-refractivity contribution in [2.24, 2.45) is 5.10 Å². The van der Waals surface area contributed by atoms with E-state index in [-0.39, 0.29) is 44.2 Å². The van der Waals surface area contributed by atoms with E-state index in [1.807, 2.05) is 0 Å². The van der Waals surface area contributed by atoms with Crippen LogP contribution in [0.2, 0.25) is 10.0 Å². The molecule has 12 heteroatoms. The molecule has 0 spiro atoms. The molecule has 1 heterocycles. The lowest BCUT2D eigenvalue weighted by molar-refractivity contribution is -0.136. The van der Waals surface area contributed by atoms with Crippen molar-refractivity contribution in [2.45, 2.75) is 6.18 Å². The number of aromatic nitrogens is 1. The highest BCUT2D eigenvalue weighted by molar-refractivity contribution is 6.34. The summed E-state index contributed by atoms with van der Waals surface area (Å²) in [7, 11) is 1.39. The van der Waals surface area contributed by atoms with Gasteiger partial charge in [0.05, 0.1) is 30.0 Å². The van der Waals surface area contributed by atoms with Gasteiger partial charge in [-0.15, -0.1) is 0 Å². The summed E-state index contributed by atoms with van der Waals surface area (Å²) in [6.07, 6.45) is -3.37. The molecule has 0 saturated heterocycles. The topological polar surface area (TPSA) is 92.8 Å². The number of H-pyrrole nitrogens is 1. The molecular formula is C31H20Cl2F3N3O4. The number of esters is 1. The van der Waals surface area contributed by atoms with Gasteiger partial charge in [0.15, 0.2) is 11.5 Å². The van der Waals surface area contributed by atoms with E-state index in [1.54, 1.807) is 42.5 Å². The van der Waals surface area contributed by atoms with Crippen molar-refractivity contribution < 1.29 is 32.2 Å². The highest BCUT2D eigenvalue weighted by Crippen LogP contribution is 2.41. The zero-order valence-electron chi connectivity index (χ0n) is 22.1. The Morgan fingerprint density at radius 2 is 1.67 bits per heavy atom. The number of methoxy groups -OCH3 is 1. The number of rotatable bonds is 7. The van der Waals surface area contributed by atoms with Crippen LogP contribution >= 0.6 is 23.2 Å². The summed E-state index contributed by atoms with van der Waals surface area (Å²) in [5.41, 5.74) is 2.33. The number of nitrogens with one attached hydrogen (secondary N) is 2. The Labute approximate surface area is 252 Å². The number of hydrazone groups is 1. The molecule has 2 N–H and O–H groups in total. The second kappa shape index (κ2) is 12.2. The molecular weight excluding hydrogens is 606 g/mol. The van der Waals surface area contributed by atoms with Crippen LogP contribution in [0.1, 0.15) is 32.0 Å². The van der Waals surface area contributed by atoms with Gasteiger partial charge < -0.3 is 14.5 Å². The zero-order valence-corrected chi connectivity index (χ0v) is 23.6. The first kappa shape index (κ1) is 29.7. The van der Waals surface area contributed by atoms with Crippen LogP contribution in [0.15, 0.2) is 90.0 Å². The molecule has 7 nitrogen and oxygen atoms in total. The number of nitrogens with zero attached hydrogens (tertiary/aromatic N) is 1. The van der Waals surface area contributed by atoms with Crippen LogP contribution in [0.25, 0.3) is 22.0 Å². The van der Waals surface area contributed by atoms with Crippen molar-refractivity contribution in [3.8, 4) is 22.6 Å². The van der Waals surface area contributed by atoms with Gasteiger partial charge in [0.2, 0.25) is 0 Å². The fraction of sp³-hybridized carbons (Fsp3) is 0.0645. The molecule has 0 fully saturated rings. The number of carbonyl (C=O) groups excluding carboxylic acids is 2. The monoisotopic (exact) mass is 625 g/mol. The van der Waals surface area contributed by atoms with Gasteiger partial charge in [-0.2, -0.15) is 18.3 Å². The van der Waals surface area contributed by atoms with Crippen LogP contribution in [-0.2, 0) is 6.18 Å². The maximum atomic E-state index is 13.8. The minimum Gasteiger partial charge on any atom is -0.493 e. The summed E-state index contributed by atoms with van der Waals surface area (Å²) in [6.45, 7) is 0. The summed E-state index contributed by atoms with van der Waals surface area (Å²) in [5.74, 6) is -1.05. The Balaban J connectivity index is 1.41. The summed E-state index contributed by atoms with van der Waals surface area (Å²) in [4.78, 5) is 28.4. The molecule has 0 bridgehead atoms. The zero-order chi connectivity index (χ0) is 30.7. The van der Waals surface area contributed by atoms with Gasteiger partial charge in [-0.05, 0) is 60.2 Å². The lowest BCUT2D eigenvalue weighted by Gasteiger charge is -2.10. The Morgan fingerprint density at radius 1 is 0.930 bits per heavy atom. The van der Waals surface area contributed by atoms with Crippen LogP contribution in [0.3, 0.4) is 0 Å². The van der Waals surface area contributed by atoms with E-state index in [0.29, 0.717) is 16.1 Å². The second-order valence-electron chi connectivity index (χ2n) is 9.09. The standard InChI is InChI=1S/C31H20Cl2F3N3O4/c1-42-25-15-17(9-14-24(25)43-30(41)18-10-12-19(32)13-11-18)16-37-39-29(40)28-26(20-5-2-3-8-23(20)33)21-6-4-7-22(27(21)38-28)31(34,35)36/h2-16,38H,1H3,(H,39,40). The largest absolute Gasteiger partial charge is 0.493 e. The van der Waals surface area contributed by atoms with Crippen molar-refractivity contribution in [3.05, 3.63) is 117 Å². The molecule has 218 valence electrons. The third-order valence-corrected chi connectivity index (χ3v) is 6.94. The molecule has 0 aliphatic carbocycles.